The van der Waals surface area contributed by atoms with E-state index in [-0.39, 0.29) is 12.5 Å². The van der Waals surface area contributed by atoms with Crippen molar-refractivity contribution in [2.75, 3.05) is 13.2 Å². The number of nitrogens with two attached hydrogens (primary N) is 1. The van der Waals surface area contributed by atoms with Gasteiger partial charge in [0.05, 0.1) is 12.2 Å². The highest BCUT2D eigenvalue weighted by atomic mass is 16.5. The number of ether oxygens (including phenoxy) is 1. The van der Waals surface area contributed by atoms with Crippen LogP contribution < -0.4 is 5.32 Å². The van der Waals surface area contributed by atoms with Gasteiger partial charge in [-0.15, -0.1) is 0 Å². The Kier molecular flexibility index (Phi) is 4.43. The third kappa shape index (κ3) is 3.47. The van der Waals surface area contributed by atoms with Gasteiger partial charge < -0.3 is 10.1 Å². The van der Waals surface area contributed by atoms with Crippen LogP contribution in [-0.2, 0) is 9.53 Å². The number of carbonyl (C=O) groups is 1. The lowest BCUT2D eigenvalue weighted by molar-refractivity contribution is -0.565. The van der Waals surface area contributed by atoms with E-state index >= 15 is 0 Å². The van der Waals surface area contributed by atoms with E-state index in [0.717, 1.165) is 0 Å². The minimum Gasteiger partial charge on any atom is -0.462 e. The molecule has 0 amide bonds. The van der Waals surface area contributed by atoms with Crippen LogP contribution >= 0.6 is 0 Å². The Morgan fingerprint density at radius 1 is 1.73 bits per heavy atom. The van der Waals surface area contributed by atoms with E-state index in [1.54, 1.807) is 30.6 Å². The van der Waals surface area contributed by atoms with Gasteiger partial charge in [-0.2, -0.15) is 0 Å². The summed E-state index contributed by atoms with van der Waals surface area (Å²) in [5.74, 6) is 0.361. The van der Waals surface area contributed by atoms with E-state index in [1.807, 2.05) is 0 Å². The van der Waals surface area contributed by atoms with Crippen molar-refractivity contribution in [2.45, 2.75) is 6.92 Å². The molecule has 5 nitrogen and oxygen atoms in total. The summed E-state index contributed by atoms with van der Waals surface area (Å²) >= 11 is 0. The summed E-state index contributed by atoms with van der Waals surface area (Å²) < 4.78 is 4.78. The first kappa shape index (κ1) is 11.3. The number of quaternary nitrogens is 1. The normalized spacial score (nSPS) is 9.67. The molecule has 0 unspecified atom stereocenters. The number of rotatable bonds is 5. The van der Waals surface area contributed by atoms with E-state index < -0.39 is 0 Å². The zero-order chi connectivity index (χ0) is 11.1. The predicted molar refractivity (Wildman–Crippen MR) is 55.2 cm³/mol. The third-order valence-electron chi connectivity index (χ3n) is 1.79. The highest BCUT2D eigenvalue weighted by Crippen LogP contribution is 2.00. The second-order valence-electron chi connectivity index (χ2n) is 2.84. The Balaban J connectivity index is 2.57. The molecule has 1 aromatic rings. The predicted octanol–water partition coefficient (Wildman–Crippen LogP) is -0.163. The number of esters is 1. The topological polar surface area (TPSA) is 79.7 Å². The third-order valence-corrected chi connectivity index (χ3v) is 1.79. The van der Waals surface area contributed by atoms with Gasteiger partial charge in [0.15, 0.2) is 6.54 Å². The summed E-state index contributed by atoms with van der Waals surface area (Å²) in [6, 6.07) is 3.53. The van der Waals surface area contributed by atoms with Crippen molar-refractivity contribution in [1.82, 2.24) is 4.98 Å². The Morgan fingerprint density at radius 3 is 3.20 bits per heavy atom. The molecule has 0 bridgehead atoms. The molecule has 3 N–H and O–H groups in total. The maximum Gasteiger partial charge on any atom is 0.362 e. The molecular formula is C10H14N3O2+. The van der Waals surface area contributed by atoms with Crippen molar-refractivity contribution in [3.8, 4) is 0 Å². The number of pyridine rings is 1. The molecule has 1 rings (SSSR count). The van der Waals surface area contributed by atoms with E-state index in [1.165, 1.54) is 6.21 Å². The first-order valence-electron chi connectivity index (χ1n) is 4.72. The van der Waals surface area contributed by atoms with Gasteiger partial charge in [0.25, 0.3) is 0 Å². The van der Waals surface area contributed by atoms with Gasteiger partial charge >= 0.3 is 5.97 Å². The second kappa shape index (κ2) is 5.87. The summed E-state index contributed by atoms with van der Waals surface area (Å²) in [4.78, 5) is 15.1. The molecule has 1 aromatic heterocycles. The highest BCUT2D eigenvalue weighted by Gasteiger charge is 2.09. The average Bonchev–Trinajstić information content (AvgIpc) is 2.27. The van der Waals surface area contributed by atoms with Gasteiger partial charge in [-0.05, 0) is 19.1 Å². The Morgan fingerprint density at radius 2 is 2.53 bits per heavy atom. The molecule has 0 aliphatic rings. The van der Waals surface area contributed by atoms with Gasteiger partial charge in [0.2, 0.25) is 5.82 Å². The number of nitrogens with one attached hydrogen (secondary N) is 1. The molecule has 0 aromatic carbocycles. The highest BCUT2D eigenvalue weighted by molar-refractivity contribution is 5.81. The zero-order valence-corrected chi connectivity index (χ0v) is 8.56. The molecule has 0 radical (unpaired) electrons. The van der Waals surface area contributed by atoms with Gasteiger partial charge in [0, 0.05) is 12.4 Å². The summed E-state index contributed by atoms with van der Waals surface area (Å²) in [5, 5.41) is 8.82. The Labute approximate surface area is 88.0 Å². The molecule has 80 valence electrons. The van der Waals surface area contributed by atoms with Gasteiger partial charge in [-0.1, -0.05) is 0 Å². The SMILES string of the molecule is CCOC(=O)C[NH2+]c1ncccc1C=N. The number of hydrogen-bond acceptors (Lipinski definition) is 4. The summed E-state index contributed by atoms with van der Waals surface area (Å²) in [5.41, 5.74) is 0.696. The quantitative estimate of drug-likeness (QED) is 0.521. The van der Waals surface area contributed by atoms with E-state index in [0.29, 0.717) is 18.0 Å². The van der Waals surface area contributed by atoms with E-state index in [2.05, 4.69) is 4.98 Å². The maximum absolute atomic E-state index is 11.1. The van der Waals surface area contributed by atoms with Crippen LogP contribution in [0, 0.1) is 5.41 Å². The van der Waals surface area contributed by atoms with Crippen molar-refractivity contribution < 1.29 is 14.8 Å². The van der Waals surface area contributed by atoms with Crippen molar-refractivity contribution in [1.29, 1.82) is 5.41 Å². The number of nitrogens with zero attached hydrogens (tertiary/aromatic N) is 1. The smallest absolute Gasteiger partial charge is 0.362 e. The van der Waals surface area contributed by atoms with Crippen LogP contribution in [0.15, 0.2) is 18.3 Å². The fourth-order valence-corrected chi connectivity index (χ4v) is 1.12. The molecule has 0 fully saturated rings. The van der Waals surface area contributed by atoms with Crippen LogP contribution in [0.5, 0.6) is 0 Å². The fraction of sp³-hybridized carbons (Fsp3) is 0.300. The van der Waals surface area contributed by atoms with Crippen LogP contribution in [0.25, 0.3) is 0 Å². The van der Waals surface area contributed by atoms with E-state index in [4.69, 9.17) is 10.1 Å². The molecular weight excluding hydrogens is 194 g/mol. The first-order valence-corrected chi connectivity index (χ1v) is 4.72. The van der Waals surface area contributed by atoms with Gasteiger partial charge in [-0.3, -0.25) is 5.32 Å². The molecule has 5 heteroatoms. The van der Waals surface area contributed by atoms with Crippen LogP contribution in [-0.4, -0.2) is 30.3 Å². The molecule has 0 spiro atoms. The van der Waals surface area contributed by atoms with Crippen LogP contribution in [0.4, 0.5) is 5.82 Å². The fourth-order valence-electron chi connectivity index (χ4n) is 1.12. The van der Waals surface area contributed by atoms with Crippen LogP contribution in [0.3, 0.4) is 0 Å². The largest absolute Gasteiger partial charge is 0.462 e. The van der Waals surface area contributed by atoms with Gasteiger partial charge in [-0.25, -0.2) is 9.78 Å². The molecule has 15 heavy (non-hydrogen) atoms. The van der Waals surface area contributed by atoms with E-state index in [9.17, 15) is 4.79 Å². The summed E-state index contributed by atoms with van der Waals surface area (Å²) in [6.07, 6.45) is 2.84. The van der Waals surface area contributed by atoms with Crippen LogP contribution in [0.1, 0.15) is 12.5 Å². The number of hydrogen-bond donors (Lipinski definition) is 2. The number of aromatic nitrogens is 1. The molecule has 0 aliphatic carbocycles. The molecule has 1 heterocycles. The van der Waals surface area contributed by atoms with Gasteiger partial charge in [0.1, 0.15) is 0 Å². The molecule has 0 saturated carbocycles. The average molecular weight is 208 g/mol. The lowest BCUT2D eigenvalue weighted by Crippen LogP contribution is -2.81. The van der Waals surface area contributed by atoms with Crippen molar-refractivity contribution in [3.05, 3.63) is 23.9 Å². The van der Waals surface area contributed by atoms with Crippen molar-refractivity contribution in [2.24, 2.45) is 0 Å². The lowest BCUT2D eigenvalue weighted by atomic mass is 10.3. The maximum atomic E-state index is 11.1. The first-order chi connectivity index (χ1) is 7.27. The molecule has 0 aliphatic heterocycles. The van der Waals surface area contributed by atoms with Crippen LogP contribution in [0.2, 0.25) is 0 Å². The minimum absolute atomic E-state index is 0.186. The standard InChI is InChI=1S/C10H13N3O2/c1-2-15-9(14)7-13-10-8(6-11)4-3-5-12-10/h3-6,11H,2,7H2,1H3,(H,12,13)/p+1. The summed E-state index contributed by atoms with van der Waals surface area (Å²) in [6.45, 7) is 2.33. The lowest BCUT2D eigenvalue weighted by Gasteiger charge is -2.02. The Hall–Kier alpha value is -1.75. The van der Waals surface area contributed by atoms with Crippen molar-refractivity contribution >= 4 is 18.0 Å². The second-order valence-corrected chi connectivity index (χ2v) is 2.84. The Bertz CT molecular complexity index is 352. The molecule has 0 atom stereocenters. The van der Waals surface area contributed by atoms with Crippen molar-refractivity contribution in [3.63, 3.8) is 0 Å². The molecule has 0 saturated heterocycles. The monoisotopic (exact) mass is 208 g/mol. The zero-order valence-electron chi connectivity index (χ0n) is 8.56. The summed E-state index contributed by atoms with van der Waals surface area (Å²) in [7, 11) is 0. The number of carbonyl (C=O) groups excluding carboxylic acids is 1. The minimum atomic E-state index is -0.279.